The van der Waals surface area contributed by atoms with Gasteiger partial charge in [0.05, 0.1) is 1.37 Å². The van der Waals surface area contributed by atoms with Crippen LogP contribution in [0.5, 0.6) is 0 Å². The van der Waals surface area contributed by atoms with Crippen molar-refractivity contribution in [1.29, 1.82) is 0 Å². The summed E-state index contributed by atoms with van der Waals surface area (Å²) in [5, 5.41) is 1.97. The minimum Gasteiger partial charge on any atom is -0.322 e. The minimum atomic E-state index is -3.72. The smallest absolute Gasteiger partial charge is 0.322 e. The molecule has 6 nitrogen and oxygen atoms in total. The number of carbonyl (C=O) groups excluding carboxylic acids is 4. The Bertz CT molecular complexity index is 1290. The van der Waals surface area contributed by atoms with Crippen molar-refractivity contribution in [3.8, 4) is 0 Å². The Balaban J connectivity index is 1.51. The van der Waals surface area contributed by atoms with Crippen LogP contribution in [0.4, 0.5) is 8.78 Å². The van der Waals surface area contributed by atoms with Gasteiger partial charge in [0.25, 0.3) is 5.91 Å². The molecule has 0 aromatic heterocycles. The number of piperidine rings is 1. The summed E-state index contributed by atoms with van der Waals surface area (Å²) in [6.07, 6.45) is -5.69. The van der Waals surface area contributed by atoms with Crippen LogP contribution in [0.2, 0.25) is 5.02 Å². The van der Waals surface area contributed by atoms with Crippen LogP contribution in [-0.4, -0.2) is 34.4 Å². The van der Waals surface area contributed by atoms with Crippen LogP contribution in [0.1, 0.15) is 51.7 Å². The molecule has 0 bridgehead atoms. The number of alkyl halides is 2. The van der Waals surface area contributed by atoms with Gasteiger partial charge < -0.3 is 4.90 Å². The van der Waals surface area contributed by atoms with Crippen LogP contribution in [0.25, 0.3) is 0 Å². The first-order chi connectivity index (χ1) is 16.7. The average molecular weight is 465 g/mol. The molecule has 2 heterocycles. The largest absolute Gasteiger partial charge is 0.330 e. The number of amides is 3. The molecule has 32 heavy (non-hydrogen) atoms. The zero-order chi connectivity index (χ0) is 26.6. The van der Waals surface area contributed by atoms with Gasteiger partial charge in [-0.3, -0.25) is 24.5 Å². The van der Waals surface area contributed by atoms with Crippen molar-refractivity contribution in [2.24, 2.45) is 0 Å². The SMILES string of the molecule is [2H]C1C([2H])([2H])C(=O)NC(=O)C1([2H])N1Cc2cc(CCC(=O)C(F)(F)c3ccc(Cl)cc3)ccc2C1=O. The molecular weight excluding hydrogens is 442 g/mol. The first-order valence-electron chi connectivity index (χ1n) is 11.7. The maximum Gasteiger partial charge on any atom is 0.330 e. The van der Waals surface area contributed by atoms with Gasteiger partial charge in [-0.15, -0.1) is 0 Å². The number of fused-ring (bicyclic) bond motifs is 1. The monoisotopic (exact) mass is 464 g/mol. The standard InChI is InChI=1S/C23H19ClF2N2O4/c24-16-5-3-15(4-6-16)23(25,26)19(29)9-2-13-1-7-17-14(11-13)12-28(22(17)32)18-8-10-20(30)27-21(18)31/h1,3-7,11,18H,2,8-10,12H2,(H,27,30,31)/i8D,10D2,18D. The molecule has 0 radical (unpaired) electrons. The number of aryl methyl sites for hydroxylation is 1. The maximum absolute atomic E-state index is 14.5. The van der Waals surface area contributed by atoms with Gasteiger partial charge >= 0.3 is 5.92 Å². The number of ketones is 1. The van der Waals surface area contributed by atoms with Crippen molar-refractivity contribution in [2.45, 2.75) is 44.1 Å². The summed E-state index contributed by atoms with van der Waals surface area (Å²) in [6, 6.07) is 6.23. The zero-order valence-corrected chi connectivity index (χ0v) is 17.2. The molecule has 0 spiro atoms. The van der Waals surface area contributed by atoms with E-state index in [4.69, 9.17) is 17.1 Å². The van der Waals surface area contributed by atoms with Gasteiger partial charge in [0, 0.05) is 39.6 Å². The molecule has 2 aromatic rings. The maximum atomic E-state index is 14.5. The van der Waals surface area contributed by atoms with Crippen molar-refractivity contribution in [1.82, 2.24) is 10.2 Å². The third kappa shape index (κ3) is 4.14. The molecular formula is C23H19ClF2N2O4. The Morgan fingerprint density at radius 1 is 1.22 bits per heavy atom. The van der Waals surface area contributed by atoms with Crippen LogP contribution in [-0.2, 0) is 33.3 Å². The fourth-order valence-electron chi connectivity index (χ4n) is 3.56. The predicted octanol–water partition coefficient (Wildman–Crippen LogP) is 3.39. The number of hydrogen-bond donors (Lipinski definition) is 1. The second-order valence-corrected chi connectivity index (χ2v) is 7.78. The summed E-state index contributed by atoms with van der Waals surface area (Å²) < 4.78 is 61.3. The Hall–Kier alpha value is -3.13. The van der Waals surface area contributed by atoms with Crippen LogP contribution < -0.4 is 5.32 Å². The second-order valence-electron chi connectivity index (χ2n) is 7.34. The lowest BCUT2D eigenvalue weighted by Gasteiger charge is -2.29. The van der Waals surface area contributed by atoms with E-state index >= 15 is 0 Å². The van der Waals surface area contributed by atoms with E-state index in [1.165, 1.54) is 30.3 Å². The van der Waals surface area contributed by atoms with E-state index in [2.05, 4.69) is 0 Å². The summed E-state index contributed by atoms with van der Waals surface area (Å²) in [5.41, 5.74) is 0.366. The number of hydrogen-bond acceptors (Lipinski definition) is 4. The second kappa shape index (κ2) is 8.43. The molecule has 1 saturated heterocycles. The van der Waals surface area contributed by atoms with Gasteiger partial charge in [0.2, 0.25) is 17.6 Å². The third-order valence-corrected chi connectivity index (χ3v) is 5.51. The van der Waals surface area contributed by atoms with E-state index in [1.54, 1.807) is 5.32 Å². The number of halogens is 3. The Labute approximate surface area is 193 Å². The quantitative estimate of drug-likeness (QED) is 0.664. The van der Waals surface area contributed by atoms with E-state index in [-0.39, 0.29) is 23.6 Å². The summed E-state index contributed by atoms with van der Waals surface area (Å²) >= 11 is 5.71. The van der Waals surface area contributed by atoms with Crippen LogP contribution in [0.3, 0.4) is 0 Å². The molecule has 0 aliphatic carbocycles. The van der Waals surface area contributed by atoms with E-state index in [9.17, 15) is 28.0 Å². The minimum absolute atomic E-state index is 0.0753. The summed E-state index contributed by atoms with van der Waals surface area (Å²) in [7, 11) is 0. The van der Waals surface area contributed by atoms with Gasteiger partial charge in [-0.2, -0.15) is 8.78 Å². The molecule has 1 N–H and O–H groups in total. The number of benzene rings is 2. The van der Waals surface area contributed by atoms with Gasteiger partial charge in [-0.1, -0.05) is 35.9 Å². The molecule has 3 amide bonds. The highest BCUT2D eigenvalue weighted by Gasteiger charge is 2.41. The molecule has 0 saturated carbocycles. The Morgan fingerprint density at radius 2 is 1.94 bits per heavy atom. The number of nitrogens with zero attached hydrogens (tertiary/aromatic N) is 1. The number of Topliss-reactive ketones (excluding diaryl/α,β-unsaturated/α-hetero) is 1. The molecule has 1 fully saturated rings. The van der Waals surface area contributed by atoms with Crippen molar-refractivity contribution < 1.29 is 33.4 Å². The fraction of sp³-hybridized carbons (Fsp3) is 0.304. The first-order valence-corrected chi connectivity index (χ1v) is 9.97. The van der Waals surface area contributed by atoms with E-state index in [1.807, 2.05) is 0 Å². The first kappa shape index (κ1) is 17.4. The number of carbonyl (C=O) groups is 4. The average Bonchev–Trinajstić information content (AvgIpc) is 3.16. The lowest BCUT2D eigenvalue weighted by atomic mass is 9.97. The highest BCUT2D eigenvalue weighted by atomic mass is 35.5. The van der Waals surface area contributed by atoms with Crippen molar-refractivity contribution in [3.05, 3.63) is 69.7 Å². The third-order valence-electron chi connectivity index (χ3n) is 5.26. The van der Waals surface area contributed by atoms with Crippen molar-refractivity contribution in [3.63, 3.8) is 0 Å². The number of nitrogens with one attached hydrogen (secondary N) is 1. The van der Waals surface area contributed by atoms with E-state index in [0.717, 1.165) is 12.1 Å². The van der Waals surface area contributed by atoms with Crippen molar-refractivity contribution >= 4 is 35.1 Å². The molecule has 166 valence electrons. The number of imide groups is 1. The Morgan fingerprint density at radius 3 is 2.66 bits per heavy atom. The molecule has 2 aliphatic heterocycles. The molecule has 2 unspecified atom stereocenters. The molecule has 2 aromatic carbocycles. The van der Waals surface area contributed by atoms with Crippen LogP contribution in [0, 0.1) is 0 Å². The highest BCUT2D eigenvalue weighted by Crippen LogP contribution is 2.32. The van der Waals surface area contributed by atoms with Gasteiger partial charge in [0.1, 0.15) is 6.02 Å². The molecule has 2 aliphatic rings. The lowest BCUT2D eigenvalue weighted by Crippen LogP contribution is -2.52. The summed E-state index contributed by atoms with van der Waals surface area (Å²) in [4.78, 5) is 50.2. The number of rotatable bonds is 6. The molecule has 4 rings (SSSR count). The lowest BCUT2D eigenvalue weighted by molar-refractivity contribution is -0.144. The van der Waals surface area contributed by atoms with E-state index < -0.39 is 60.2 Å². The molecule has 9 heteroatoms. The van der Waals surface area contributed by atoms with Gasteiger partial charge in [-0.25, -0.2) is 0 Å². The molecule has 2 atom stereocenters. The van der Waals surface area contributed by atoms with Gasteiger partial charge in [0.15, 0.2) is 0 Å². The Kier molecular flexibility index (Phi) is 4.59. The van der Waals surface area contributed by atoms with E-state index in [0.29, 0.717) is 16.0 Å². The normalized spacial score (nSPS) is 26.5. The topological polar surface area (TPSA) is 83.6 Å². The zero-order valence-electron chi connectivity index (χ0n) is 20.5. The summed E-state index contributed by atoms with van der Waals surface area (Å²) in [6.45, 7) is -0.340. The van der Waals surface area contributed by atoms with Crippen molar-refractivity contribution in [2.75, 3.05) is 0 Å². The fourth-order valence-corrected chi connectivity index (χ4v) is 3.69. The highest BCUT2D eigenvalue weighted by molar-refractivity contribution is 6.30. The van der Waals surface area contributed by atoms with Crippen LogP contribution in [0.15, 0.2) is 42.5 Å². The van der Waals surface area contributed by atoms with Crippen LogP contribution >= 0.6 is 11.6 Å². The van der Waals surface area contributed by atoms with Gasteiger partial charge in [-0.05, 0) is 42.1 Å². The predicted molar refractivity (Wildman–Crippen MR) is 111 cm³/mol. The summed E-state index contributed by atoms with van der Waals surface area (Å²) in [5.74, 6) is -8.49.